The highest BCUT2D eigenvalue weighted by molar-refractivity contribution is 5.07. The second kappa shape index (κ2) is 9.61. The number of hydrogen-bond acceptors (Lipinski definition) is 1. The highest BCUT2D eigenvalue weighted by atomic mass is 14.9. The molecule has 1 nitrogen and oxygen atoms in total. The summed E-state index contributed by atoms with van der Waals surface area (Å²) in [5.41, 5.74) is 1.71. The fraction of sp³-hybridized carbons (Fsp3) is 0.882. The first kappa shape index (κ1) is 15.8. The van der Waals surface area contributed by atoms with Gasteiger partial charge in [0.1, 0.15) is 0 Å². The first-order valence-electron chi connectivity index (χ1n) is 8.15. The largest absolute Gasteiger partial charge is 0.317 e. The summed E-state index contributed by atoms with van der Waals surface area (Å²) in [5.74, 6) is 0.923. The summed E-state index contributed by atoms with van der Waals surface area (Å²) in [6.45, 7) is 4.65. The van der Waals surface area contributed by atoms with Crippen LogP contribution in [0.15, 0.2) is 11.6 Å². The molecule has 1 heteroatoms. The molecule has 2 atom stereocenters. The summed E-state index contributed by atoms with van der Waals surface area (Å²) in [5, 5.41) is 3.55. The topological polar surface area (TPSA) is 12.0 Å². The van der Waals surface area contributed by atoms with Gasteiger partial charge in [-0.25, -0.2) is 0 Å². The lowest BCUT2D eigenvalue weighted by Gasteiger charge is -2.24. The van der Waals surface area contributed by atoms with Crippen molar-refractivity contribution in [2.24, 2.45) is 5.92 Å². The van der Waals surface area contributed by atoms with Crippen molar-refractivity contribution in [2.45, 2.75) is 84.1 Å². The Morgan fingerprint density at radius 3 is 2.67 bits per heavy atom. The summed E-state index contributed by atoms with van der Waals surface area (Å²) >= 11 is 0. The minimum Gasteiger partial charge on any atom is -0.317 e. The van der Waals surface area contributed by atoms with Gasteiger partial charge in [0.05, 0.1) is 0 Å². The zero-order chi connectivity index (χ0) is 13.2. The zero-order valence-electron chi connectivity index (χ0n) is 12.8. The molecule has 0 aromatic carbocycles. The highest BCUT2D eigenvalue weighted by Gasteiger charge is 2.16. The third kappa shape index (κ3) is 6.04. The molecule has 18 heavy (non-hydrogen) atoms. The Bertz CT molecular complexity index is 232. The number of rotatable bonds is 9. The maximum atomic E-state index is 3.55. The molecular weight excluding hydrogens is 218 g/mol. The standard InChI is InChI=1S/C17H33N/c1-4-6-10-15(5-2)13-17(18-3)14-16-11-8-7-9-12-16/h11,15,17-18H,4-10,12-14H2,1-3H3. The predicted octanol–water partition coefficient (Wildman–Crippen LogP) is 5.07. The Labute approximate surface area is 114 Å². The normalized spacial score (nSPS) is 19.4. The van der Waals surface area contributed by atoms with Crippen molar-refractivity contribution in [1.29, 1.82) is 0 Å². The molecule has 0 amide bonds. The number of nitrogens with one attached hydrogen (secondary N) is 1. The molecule has 0 aromatic heterocycles. The van der Waals surface area contributed by atoms with Crippen LogP contribution in [-0.4, -0.2) is 13.1 Å². The van der Waals surface area contributed by atoms with Crippen molar-refractivity contribution < 1.29 is 0 Å². The molecular formula is C17H33N. The average Bonchev–Trinajstić information content (AvgIpc) is 2.43. The Balaban J connectivity index is 2.36. The summed E-state index contributed by atoms with van der Waals surface area (Å²) in [6, 6.07) is 0.705. The van der Waals surface area contributed by atoms with Gasteiger partial charge in [-0.15, -0.1) is 0 Å². The van der Waals surface area contributed by atoms with Gasteiger partial charge in [0.25, 0.3) is 0 Å². The Morgan fingerprint density at radius 2 is 2.11 bits per heavy atom. The van der Waals surface area contributed by atoms with Gasteiger partial charge in [0.2, 0.25) is 0 Å². The third-order valence-electron chi connectivity index (χ3n) is 4.46. The van der Waals surface area contributed by atoms with Gasteiger partial charge in [-0.1, -0.05) is 51.2 Å². The predicted molar refractivity (Wildman–Crippen MR) is 81.9 cm³/mol. The summed E-state index contributed by atoms with van der Waals surface area (Å²) in [4.78, 5) is 0. The van der Waals surface area contributed by atoms with Gasteiger partial charge in [-0.2, -0.15) is 0 Å². The Morgan fingerprint density at radius 1 is 1.28 bits per heavy atom. The number of allylic oxidation sites excluding steroid dienone is 1. The van der Waals surface area contributed by atoms with E-state index in [1.54, 1.807) is 5.57 Å². The van der Waals surface area contributed by atoms with E-state index in [9.17, 15) is 0 Å². The highest BCUT2D eigenvalue weighted by Crippen LogP contribution is 2.25. The van der Waals surface area contributed by atoms with E-state index in [1.807, 2.05) is 0 Å². The van der Waals surface area contributed by atoms with Crippen LogP contribution < -0.4 is 5.32 Å². The first-order valence-corrected chi connectivity index (χ1v) is 8.15. The van der Waals surface area contributed by atoms with E-state index >= 15 is 0 Å². The fourth-order valence-electron chi connectivity index (χ4n) is 3.09. The molecule has 1 aliphatic carbocycles. The van der Waals surface area contributed by atoms with E-state index in [4.69, 9.17) is 0 Å². The minimum absolute atomic E-state index is 0.705. The van der Waals surface area contributed by atoms with E-state index in [2.05, 4.69) is 32.3 Å². The smallest absolute Gasteiger partial charge is 0.0104 e. The first-order chi connectivity index (χ1) is 8.80. The number of unbranched alkanes of at least 4 members (excludes halogenated alkanes) is 1. The molecule has 1 N–H and O–H groups in total. The molecule has 0 aromatic rings. The Kier molecular flexibility index (Phi) is 8.41. The summed E-state index contributed by atoms with van der Waals surface area (Å²) in [7, 11) is 2.14. The maximum Gasteiger partial charge on any atom is 0.0104 e. The van der Waals surface area contributed by atoms with Gasteiger partial charge in [0, 0.05) is 6.04 Å². The number of hydrogen-bond donors (Lipinski definition) is 1. The van der Waals surface area contributed by atoms with Crippen LogP contribution in [0.3, 0.4) is 0 Å². The zero-order valence-corrected chi connectivity index (χ0v) is 12.8. The van der Waals surface area contributed by atoms with Gasteiger partial charge >= 0.3 is 0 Å². The lowest BCUT2D eigenvalue weighted by molar-refractivity contribution is 0.355. The van der Waals surface area contributed by atoms with E-state index < -0.39 is 0 Å². The van der Waals surface area contributed by atoms with E-state index in [0.717, 1.165) is 5.92 Å². The lowest BCUT2D eigenvalue weighted by Crippen LogP contribution is -2.28. The molecule has 0 heterocycles. The van der Waals surface area contributed by atoms with Crippen LogP contribution in [0.1, 0.15) is 78.1 Å². The van der Waals surface area contributed by atoms with Gasteiger partial charge < -0.3 is 5.32 Å². The van der Waals surface area contributed by atoms with Crippen molar-refractivity contribution in [3.05, 3.63) is 11.6 Å². The molecule has 0 aliphatic heterocycles. The van der Waals surface area contributed by atoms with Crippen LogP contribution in [0.2, 0.25) is 0 Å². The molecule has 2 unspecified atom stereocenters. The molecule has 0 spiro atoms. The van der Waals surface area contributed by atoms with Crippen LogP contribution in [0.4, 0.5) is 0 Å². The Hall–Kier alpha value is -0.300. The van der Waals surface area contributed by atoms with Gasteiger partial charge in [-0.3, -0.25) is 0 Å². The fourth-order valence-corrected chi connectivity index (χ4v) is 3.09. The van der Waals surface area contributed by atoms with Crippen molar-refractivity contribution >= 4 is 0 Å². The molecule has 0 bridgehead atoms. The van der Waals surface area contributed by atoms with Crippen molar-refractivity contribution in [1.82, 2.24) is 5.32 Å². The van der Waals surface area contributed by atoms with Crippen LogP contribution in [0.5, 0.6) is 0 Å². The minimum atomic E-state index is 0.705. The van der Waals surface area contributed by atoms with E-state index in [0.29, 0.717) is 6.04 Å². The SMILES string of the molecule is CCCCC(CC)CC(CC1=CCCCC1)NC. The maximum absolute atomic E-state index is 3.55. The van der Waals surface area contributed by atoms with Crippen molar-refractivity contribution in [2.75, 3.05) is 7.05 Å². The summed E-state index contributed by atoms with van der Waals surface area (Å²) in [6.07, 6.45) is 16.1. The second-order valence-corrected chi connectivity index (χ2v) is 5.95. The monoisotopic (exact) mass is 251 g/mol. The van der Waals surface area contributed by atoms with Gasteiger partial charge in [-0.05, 0) is 51.5 Å². The quantitative estimate of drug-likeness (QED) is 0.564. The second-order valence-electron chi connectivity index (χ2n) is 5.95. The molecule has 1 aliphatic rings. The summed E-state index contributed by atoms with van der Waals surface area (Å²) < 4.78 is 0. The van der Waals surface area contributed by atoms with Crippen LogP contribution >= 0.6 is 0 Å². The molecule has 0 fully saturated rings. The van der Waals surface area contributed by atoms with E-state index in [-0.39, 0.29) is 0 Å². The molecule has 106 valence electrons. The molecule has 0 saturated carbocycles. The average molecular weight is 251 g/mol. The molecule has 0 saturated heterocycles. The van der Waals surface area contributed by atoms with Gasteiger partial charge in [0.15, 0.2) is 0 Å². The van der Waals surface area contributed by atoms with Crippen molar-refractivity contribution in [3.8, 4) is 0 Å². The van der Waals surface area contributed by atoms with Crippen LogP contribution in [0.25, 0.3) is 0 Å². The van der Waals surface area contributed by atoms with Crippen LogP contribution in [0, 0.1) is 5.92 Å². The molecule has 0 radical (unpaired) electrons. The van der Waals surface area contributed by atoms with E-state index in [1.165, 1.54) is 64.2 Å². The third-order valence-corrected chi connectivity index (χ3v) is 4.46. The molecule has 1 rings (SSSR count). The van der Waals surface area contributed by atoms with Crippen molar-refractivity contribution in [3.63, 3.8) is 0 Å². The van der Waals surface area contributed by atoms with Crippen LogP contribution in [-0.2, 0) is 0 Å². The lowest BCUT2D eigenvalue weighted by atomic mass is 9.87.